The Morgan fingerprint density at radius 3 is 2.62 bits per heavy atom. The highest BCUT2D eigenvalue weighted by atomic mass is 16.5. The van der Waals surface area contributed by atoms with E-state index in [1.807, 2.05) is 0 Å². The molecule has 0 fully saturated rings. The van der Waals surface area contributed by atoms with Crippen LogP contribution in [0, 0.1) is 0 Å². The van der Waals surface area contributed by atoms with E-state index in [0.29, 0.717) is 11.3 Å². The number of aliphatic hydroxyl groups excluding tert-OH is 1. The van der Waals surface area contributed by atoms with Gasteiger partial charge >= 0.3 is 0 Å². The van der Waals surface area contributed by atoms with Gasteiger partial charge in [-0.3, -0.25) is 4.79 Å². The molecule has 0 radical (unpaired) electrons. The van der Waals surface area contributed by atoms with Gasteiger partial charge in [0.05, 0.1) is 12.7 Å². The van der Waals surface area contributed by atoms with Crippen molar-refractivity contribution in [1.29, 1.82) is 0 Å². The lowest BCUT2D eigenvalue weighted by molar-refractivity contribution is 0.0776. The van der Waals surface area contributed by atoms with E-state index in [4.69, 9.17) is 9.84 Å². The fourth-order valence-electron chi connectivity index (χ4n) is 1.07. The monoisotopic (exact) mass is 180 g/mol. The second-order valence-electron chi connectivity index (χ2n) is 2.74. The third kappa shape index (κ3) is 2.06. The topological polar surface area (TPSA) is 46.5 Å². The molecule has 3 nitrogen and oxygen atoms in total. The van der Waals surface area contributed by atoms with Crippen LogP contribution in [-0.2, 0) is 0 Å². The maximum Gasteiger partial charge on any atom is 0.194 e. The highest BCUT2D eigenvalue weighted by molar-refractivity contribution is 6.01. The van der Waals surface area contributed by atoms with E-state index in [1.54, 1.807) is 24.3 Å². The predicted octanol–water partition coefficient (Wildman–Crippen LogP) is 1.26. The number of rotatable bonds is 3. The van der Waals surface area contributed by atoms with Crippen LogP contribution in [0.25, 0.3) is 0 Å². The minimum absolute atomic E-state index is 0.322. The SMILES string of the molecule is COc1ccccc1C(=O)[C@H](C)O. The molecule has 1 N–H and O–H groups in total. The number of carbonyl (C=O) groups is 1. The molecule has 0 heterocycles. The molecule has 1 aromatic rings. The highest BCUT2D eigenvalue weighted by Crippen LogP contribution is 2.18. The van der Waals surface area contributed by atoms with Gasteiger partial charge < -0.3 is 9.84 Å². The van der Waals surface area contributed by atoms with Crippen molar-refractivity contribution in [1.82, 2.24) is 0 Å². The summed E-state index contributed by atoms with van der Waals surface area (Å²) in [5.74, 6) is 0.172. The van der Waals surface area contributed by atoms with E-state index in [0.717, 1.165) is 0 Å². The minimum Gasteiger partial charge on any atom is -0.496 e. The van der Waals surface area contributed by atoms with Gasteiger partial charge in [0.1, 0.15) is 11.9 Å². The fourth-order valence-corrected chi connectivity index (χ4v) is 1.07. The summed E-state index contributed by atoms with van der Waals surface area (Å²) >= 11 is 0. The molecule has 0 saturated carbocycles. The molecule has 0 spiro atoms. The molecule has 1 aromatic carbocycles. The second-order valence-corrected chi connectivity index (χ2v) is 2.74. The molecular weight excluding hydrogens is 168 g/mol. The molecule has 0 aromatic heterocycles. The van der Waals surface area contributed by atoms with Crippen molar-refractivity contribution in [2.24, 2.45) is 0 Å². The van der Waals surface area contributed by atoms with E-state index >= 15 is 0 Å². The van der Waals surface area contributed by atoms with E-state index in [-0.39, 0.29) is 5.78 Å². The Bertz CT molecular complexity index is 305. The van der Waals surface area contributed by atoms with Crippen LogP contribution in [0.2, 0.25) is 0 Å². The Hall–Kier alpha value is -1.35. The van der Waals surface area contributed by atoms with Crippen molar-refractivity contribution >= 4 is 5.78 Å². The number of ether oxygens (including phenoxy) is 1. The van der Waals surface area contributed by atoms with E-state index < -0.39 is 6.10 Å². The summed E-state index contributed by atoms with van der Waals surface area (Å²) in [4.78, 5) is 11.4. The summed E-state index contributed by atoms with van der Waals surface area (Å²) in [6.07, 6.45) is -0.990. The number of hydrogen-bond donors (Lipinski definition) is 1. The fraction of sp³-hybridized carbons (Fsp3) is 0.300. The molecule has 0 aliphatic carbocycles. The molecule has 0 aliphatic heterocycles. The minimum atomic E-state index is -0.990. The number of carbonyl (C=O) groups excluding carboxylic acids is 1. The van der Waals surface area contributed by atoms with Crippen molar-refractivity contribution in [2.45, 2.75) is 13.0 Å². The zero-order valence-corrected chi connectivity index (χ0v) is 7.65. The molecule has 13 heavy (non-hydrogen) atoms. The lowest BCUT2D eigenvalue weighted by Crippen LogP contribution is -2.16. The quantitative estimate of drug-likeness (QED) is 0.712. The van der Waals surface area contributed by atoms with Gasteiger partial charge in [-0.2, -0.15) is 0 Å². The van der Waals surface area contributed by atoms with Crippen molar-refractivity contribution in [3.05, 3.63) is 29.8 Å². The summed E-state index contributed by atoms with van der Waals surface area (Å²) in [5.41, 5.74) is 0.417. The van der Waals surface area contributed by atoms with Crippen LogP contribution in [0.4, 0.5) is 0 Å². The van der Waals surface area contributed by atoms with E-state index in [1.165, 1.54) is 14.0 Å². The number of para-hydroxylation sites is 1. The van der Waals surface area contributed by atoms with Gasteiger partial charge in [0.2, 0.25) is 0 Å². The van der Waals surface area contributed by atoms with Crippen molar-refractivity contribution < 1.29 is 14.6 Å². The number of hydrogen-bond acceptors (Lipinski definition) is 3. The lowest BCUT2D eigenvalue weighted by Gasteiger charge is -2.08. The molecule has 3 heteroatoms. The summed E-state index contributed by atoms with van der Waals surface area (Å²) < 4.78 is 4.98. The second kappa shape index (κ2) is 4.05. The number of ketones is 1. The molecule has 1 atom stereocenters. The number of Topliss-reactive ketones (excluding diaryl/α,β-unsaturated/α-hetero) is 1. The van der Waals surface area contributed by atoms with E-state index in [9.17, 15) is 4.79 Å². The Morgan fingerprint density at radius 2 is 2.08 bits per heavy atom. The smallest absolute Gasteiger partial charge is 0.194 e. The first-order valence-corrected chi connectivity index (χ1v) is 4.02. The first-order chi connectivity index (χ1) is 6.16. The Labute approximate surface area is 77.0 Å². The van der Waals surface area contributed by atoms with Crippen LogP contribution in [0.3, 0.4) is 0 Å². The lowest BCUT2D eigenvalue weighted by atomic mass is 10.1. The zero-order valence-electron chi connectivity index (χ0n) is 7.65. The molecule has 0 amide bonds. The Kier molecular flexibility index (Phi) is 3.03. The number of aliphatic hydroxyl groups is 1. The average molecular weight is 180 g/mol. The first kappa shape index (κ1) is 9.74. The molecular formula is C10H12O3. The summed E-state index contributed by atoms with van der Waals surface area (Å²) in [6, 6.07) is 6.83. The highest BCUT2D eigenvalue weighted by Gasteiger charge is 2.15. The summed E-state index contributed by atoms with van der Waals surface area (Å²) in [5, 5.41) is 9.09. The van der Waals surface area contributed by atoms with Crippen LogP contribution in [0.15, 0.2) is 24.3 Å². The molecule has 1 rings (SSSR count). The van der Waals surface area contributed by atoms with Crippen LogP contribution >= 0.6 is 0 Å². The van der Waals surface area contributed by atoms with Gasteiger partial charge in [0.15, 0.2) is 5.78 Å². The van der Waals surface area contributed by atoms with Crippen LogP contribution in [-0.4, -0.2) is 24.1 Å². The van der Waals surface area contributed by atoms with Gasteiger partial charge in [0.25, 0.3) is 0 Å². The summed E-state index contributed by atoms with van der Waals surface area (Å²) in [7, 11) is 1.49. The molecule has 0 aliphatic rings. The van der Waals surface area contributed by atoms with Gasteiger partial charge in [-0.05, 0) is 19.1 Å². The van der Waals surface area contributed by atoms with Gasteiger partial charge in [-0.15, -0.1) is 0 Å². The maximum absolute atomic E-state index is 11.4. The standard InChI is InChI=1S/C10H12O3/c1-7(11)10(12)8-5-3-4-6-9(8)13-2/h3-7,11H,1-2H3/t7-/m0/s1. The van der Waals surface area contributed by atoms with Gasteiger partial charge in [-0.25, -0.2) is 0 Å². The van der Waals surface area contributed by atoms with Gasteiger partial charge in [-0.1, -0.05) is 12.1 Å². The Morgan fingerprint density at radius 1 is 1.46 bits per heavy atom. The third-order valence-electron chi connectivity index (χ3n) is 1.75. The van der Waals surface area contributed by atoms with E-state index in [2.05, 4.69) is 0 Å². The Balaban J connectivity index is 3.06. The van der Waals surface area contributed by atoms with Gasteiger partial charge in [0, 0.05) is 0 Å². The molecule has 0 unspecified atom stereocenters. The van der Waals surface area contributed by atoms with Crippen molar-refractivity contribution in [2.75, 3.05) is 7.11 Å². The molecule has 0 saturated heterocycles. The van der Waals surface area contributed by atoms with Crippen LogP contribution in [0.1, 0.15) is 17.3 Å². The van der Waals surface area contributed by atoms with Crippen molar-refractivity contribution in [3.8, 4) is 5.75 Å². The summed E-state index contributed by atoms with van der Waals surface area (Å²) in [6.45, 7) is 1.44. The number of methoxy groups -OCH3 is 1. The first-order valence-electron chi connectivity index (χ1n) is 4.02. The van der Waals surface area contributed by atoms with Crippen molar-refractivity contribution in [3.63, 3.8) is 0 Å². The number of benzene rings is 1. The molecule has 70 valence electrons. The predicted molar refractivity (Wildman–Crippen MR) is 49.0 cm³/mol. The normalized spacial score (nSPS) is 12.2. The maximum atomic E-state index is 11.4. The average Bonchev–Trinajstić information content (AvgIpc) is 2.16. The zero-order chi connectivity index (χ0) is 9.84. The van der Waals surface area contributed by atoms with Crippen LogP contribution < -0.4 is 4.74 Å². The largest absolute Gasteiger partial charge is 0.496 e. The molecule has 0 bridgehead atoms. The third-order valence-corrected chi connectivity index (χ3v) is 1.75. The van der Waals surface area contributed by atoms with Crippen LogP contribution in [0.5, 0.6) is 5.75 Å².